The van der Waals surface area contributed by atoms with E-state index in [2.05, 4.69) is 5.73 Å². The molecule has 5 heteroatoms. The Morgan fingerprint density at radius 2 is 2.00 bits per heavy atom. The topological polar surface area (TPSA) is 84.2 Å². The molecule has 0 fully saturated rings. The van der Waals surface area contributed by atoms with Gasteiger partial charge in [-0.2, -0.15) is 0 Å². The van der Waals surface area contributed by atoms with Gasteiger partial charge in [-0.25, -0.2) is 10.2 Å². The van der Waals surface area contributed by atoms with Gasteiger partial charge >= 0.3 is 6.03 Å². The van der Waals surface area contributed by atoms with Crippen LogP contribution in [0.1, 0.15) is 6.92 Å². The summed E-state index contributed by atoms with van der Waals surface area (Å²) in [5.41, 5.74) is 8.60. The van der Waals surface area contributed by atoms with Crippen LogP contribution in [0.5, 0.6) is 0 Å². The Bertz CT molecular complexity index is 164. The minimum Gasteiger partial charge on any atom is -0.350 e. The zero-order chi connectivity index (χ0) is 7.98. The molecule has 0 aromatic carbocycles. The Morgan fingerprint density at radius 3 is 2.40 bits per heavy atom. The number of nitrogens with one attached hydrogen (secondary N) is 2. The molecule has 0 unspecified atom stereocenters. The average Bonchev–Trinajstić information content (AvgIpc) is 1.85. The second kappa shape index (κ2) is 4.37. The van der Waals surface area contributed by atoms with Gasteiger partial charge in [-0.1, -0.05) is 6.08 Å². The van der Waals surface area contributed by atoms with Gasteiger partial charge in [-0.05, 0) is 6.92 Å². The van der Waals surface area contributed by atoms with Crippen molar-refractivity contribution >= 4 is 11.9 Å². The standard InChI is InChI=1S/C5H9N3O2/c1-2-3-4(9)7-8-5(6)10/h2-3H,1H3,(H,7,9)(H3,6,8,10)/b3-2+. The molecule has 0 spiro atoms. The second-order valence-corrected chi connectivity index (χ2v) is 1.48. The lowest BCUT2D eigenvalue weighted by atomic mass is 10.5. The van der Waals surface area contributed by atoms with Crippen molar-refractivity contribution in [3.05, 3.63) is 12.2 Å². The van der Waals surface area contributed by atoms with E-state index in [-0.39, 0.29) is 0 Å². The van der Waals surface area contributed by atoms with E-state index < -0.39 is 11.9 Å². The van der Waals surface area contributed by atoms with Crippen LogP contribution in [0.15, 0.2) is 12.2 Å². The Hall–Kier alpha value is -1.52. The lowest BCUT2D eigenvalue weighted by Gasteiger charge is -1.98. The van der Waals surface area contributed by atoms with Crippen LogP contribution in [-0.4, -0.2) is 11.9 Å². The van der Waals surface area contributed by atoms with Crippen LogP contribution in [-0.2, 0) is 4.79 Å². The van der Waals surface area contributed by atoms with Crippen LogP contribution in [0.2, 0.25) is 0 Å². The fourth-order valence-electron chi connectivity index (χ4n) is 0.316. The number of hydrazine groups is 1. The van der Waals surface area contributed by atoms with Gasteiger partial charge in [0, 0.05) is 6.08 Å². The first-order valence-corrected chi connectivity index (χ1v) is 2.65. The number of amides is 3. The molecule has 0 aromatic heterocycles. The molecule has 0 aliphatic rings. The molecule has 0 heterocycles. The van der Waals surface area contributed by atoms with Gasteiger partial charge in [0.15, 0.2) is 0 Å². The number of carbonyl (C=O) groups is 2. The molecule has 10 heavy (non-hydrogen) atoms. The molecular weight excluding hydrogens is 134 g/mol. The van der Waals surface area contributed by atoms with E-state index in [0.29, 0.717) is 0 Å². The second-order valence-electron chi connectivity index (χ2n) is 1.48. The van der Waals surface area contributed by atoms with Crippen molar-refractivity contribution in [1.29, 1.82) is 0 Å². The molecule has 0 aliphatic carbocycles. The molecule has 0 bridgehead atoms. The summed E-state index contributed by atoms with van der Waals surface area (Å²) in [5.74, 6) is -0.415. The van der Waals surface area contributed by atoms with Crippen molar-refractivity contribution in [3.63, 3.8) is 0 Å². The molecule has 0 saturated carbocycles. The predicted molar refractivity (Wildman–Crippen MR) is 35.7 cm³/mol. The molecule has 56 valence electrons. The highest BCUT2D eigenvalue weighted by molar-refractivity contribution is 5.88. The first-order chi connectivity index (χ1) is 4.66. The van der Waals surface area contributed by atoms with Crippen LogP contribution in [0.3, 0.4) is 0 Å². The Labute approximate surface area is 58.2 Å². The van der Waals surface area contributed by atoms with E-state index in [1.807, 2.05) is 10.9 Å². The van der Waals surface area contributed by atoms with Crippen LogP contribution >= 0.6 is 0 Å². The Balaban J connectivity index is 3.50. The smallest absolute Gasteiger partial charge is 0.330 e. The van der Waals surface area contributed by atoms with Gasteiger partial charge in [0.25, 0.3) is 5.91 Å². The largest absolute Gasteiger partial charge is 0.350 e. The molecule has 5 nitrogen and oxygen atoms in total. The summed E-state index contributed by atoms with van der Waals surface area (Å²) in [6.07, 6.45) is 2.80. The highest BCUT2D eigenvalue weighted by Crippen LogP contribution is 1.67. The van der Waals surface area contributed by atoms with Gasteiger partial charge in [0.2, 0.25) is 0 Å². The molecule has 0 atom stereocenters. The summed E-state index contributed by atoms with van der Waals surface area (Å²) in [6, 6.07) is -0.794. The molecule has 0 radical (unpaired) electrons. The number of hydrogen-bond donors (Lipinski definition) is 3. The Kier molecular flexibility index (Phi) is 3.70. The summed E-state index contributed by atoms with van der Waals surface area (Å²) in [5, 5.41) is 0. The van der Waals surface area contributed by atoms with Crippen molar-refractivity contribution < 1.29 is 9.59 Å². The molecule has 4 N–H and O–H groups in total. The van der Waals surface area contributed by atoms with Crippen molar-refractivity contribution in [2.75, 3.05) is 0 Å². The van der Waals surface area contributed by atoms with Crippen molar-refractivity contribution in [1.82, 2.24) is 10.9 Å². The van der Waals surface area contributed by atoms with Crippen molar-refractivity contribution in [2.24, 2.45) is 5.73 Å². The SMILES string of the molecule is C/C=C/C(=O)NNC(N)=O. The number of hydrogen-bond acceptors (Lipinski definition) is 2. The maximum absolute atomic E-state index is 10.5. The summed E-state index contributed by atoms with van der Waals surface area (Å²) >= 11 is 0. The summed E-state index contributed by atoms with van der Waals surface area (Å²) < 4.78 is 0. The summed E-state index contributed by atoms with van der Waals surface area (Å²) in [6.45, 7) is 1.68. The van der Waals surface area contributed by atoms with Gasteiger partial charge in [-0.15, -0.1) is 0 Å². The highest BCUT2D eigenvalue weighted by Gasteiger charge is 1.92. The lowest BCUT2D eigenvalue weighted by molar-refractivity contribution is -0.117. The van der Waals surface area contributed by atoms with E-state index in [1.54, 1.807) is 6.92 Å². The van der Waals surface area contributed by atoms with Crippen LogP contribution in [0.25, 0.3) is 0 Å². The molecule has 0 aliphatic heterocycles. The van der Waals surface area contributed by atoms with Gasteiger partial charge < -0.3 is 5.73 Å². The third-order valence-electron chi connectivity index (χ3n) is 0.627. The third kappa shape index (κ3) is 4.63. The maximum atomic E-state index is 10.5. The lowest BCUT2D eigenvalue weighted by Crippen LogP contribution is -2.43. The van der Waals surface area contributed by atoms with E-state index in [1.165, 1.54) is 12.2 Å². The van der Waals surface area contributed by atoms with Crippen LogP contribution in [0, 0.1) is 0 Å². The van der Waals surface area contributed by atoms with Crippen molar-refractivity contribution in [3.8, 4) is 0 Å². The number of allylic oxidation sites excluding steroid dienone is 1. The first kappa shape index (κ1) is 8.48. The highest BCUT2D eigenvalue weighted by atomic mass is 16.2. The van der Waals surface area contributed by atoms with Crippen LogP contribution in [0.4, 0.5) is 4.79 Å². The minimum absolute atomic E-state index is 0.415. The monoisotopic (exact) mass is 143 g/mol. The number of primary amides is 1. The van der Waals surface area contributed by atoms with E-state index >= 15 is 0 Å². The summed E-state index contributed by atoms with van der Waals surface area (Å²) in [4.78, 5) is 20.5. The summed E-state index contributed by atoms with van der Waals surface area (Å²) in [7, 11) is 0. The van der Waals surface area contributed by atoms with Gasteiger partial charge in [0.1, 0.15) is 0 Å². The van der Waals surface area contributed by atoms with Crippen LogP contribution < -0.4 is 16.6 Å². The number of nitrogens with two attached hydrogens (primary N) is 1. The minimum atomic E-state index is -0.794. The van der Waals surface area contributed by atoms with E-state index in [9.17, 15) is 9.59 Å². The molecule has 0 aromatic rings. The van der Waals surface area contributed by atoms with Gasteiger partial charge in [0.05, 0.1) is 0 Å². The third-order valence-corrected chi connectivity index (χ3v) is 0.627. The van der Waals surface area contributed by atoms with E-state index in [4.69, 9.17) is 0 Å². The molecule has 0 rings (SSSR count). The number of carbonyl (C=O) groups excluding carboxylic acids is 2. The van der Waals surface area contributed by atoms with Gasteiger partial charge in [-0.3, -0.25) is 10.2 Å². The molecule has 3 amide bonds. The fraction of sp³-hybridized carbons (Fsp3) is 0.200. The fourth-order valence-corrected chi connectivity index (χ4v) is 0.316. The quantitative estimate of drug-likeness (QED) is 0.333. The zero-order valence-electron chi connectivity index (χ0n) is 5.55. The Morgan fingerprint density at radius 1 is 1.40 bits per heavy atom. The molecule has 0 saturated heterocycles. The zero-order valence-corrected chi connectivity index (χ0v) is 5.55. The number of urea groups is 1. The first-order valence-electron chi connectivity index (χ1n) is 2.65. The average molecular weight is 143 g/mol. The normalized spacial score (nSPS) is 9.30. The van der Waals surface area contributed by atoms with Crippen molar-refractivity contribution in [2.45, 2.75) is 6.92 Å². The van der Waals surface area contributed by atoms with E-state index in [0.717, 1.165) is 0 Å². The predicted octanol–water partition coefficient (Wildman–Crippen LogP) is -0.738. The maximum Gasteiger partial charge on any atom is 0.330 e. The molecular formula is C5H9N3O2. The number of rotatable bonds is 1.